The number of hydrogen-bond acceptors (Lipinski definition) is 3. The van der Waals surface area contributed by atoms with Crippen LogP contribution in [0.15, 0.2) is 54.7 Å². The van der Waals surface area contributed by atoms with Crippen LogP contribution in [-0.4, -0.2) is 54.1 Å². The van der Waals surface area contributed by atoms with Crippen molar-refractivity contribution in [3.8, 4) is 0 Å². The highest BCUT2D eigenvalue weighted by Crippen LogP contribution is 2.44. The molecular formula is C24H33N3. The first-order valence-electron chi connectivity index (χ1n) is 10.7. The van der Waals surface area contributed by atoms with Crippen LogP contribution < -0.4 is 0 Å². The predicted octanol–water partition coefficient (Wildman–Crippen LogP) is 4.22. The first-order chi connectivity index (χ1) is 13.3. The standard InChI is InChI=1S/C24H33N3/c1-2-26-19-22(21-8-4-3-5-9-21)18-24(20-26)12-16-27(17-13-24)15-11-23-10-6-7-14-25-23/h3-10,14,22H,2,11-13,15-20H2,1H3/t22-/m0/s1. The molecule has 3 nitrogen and oxygen atoms in total. The molecule has 1 aromatic carbocycles. The van der Waals surface area contributed by atoms with Crippen molar-refractivity contribution in [1.82, 2.24) is 14.8 Å². The fourth-order valence-electron chi connectivity index (χ4n) is 5.12. The quantitative estimate of drug-likeness (QED) is 0.793. The Labute approximate surface area is 164 Å². The van der Waals surface area contributed by atoms with Gasteiger partial charge in [0.15, 0.2) is 0 Å². The van der Waals surface area contributed by atoms with E-state index >= 15 is 0 Å². The van der Waals surface area contributed by atoms with Crippen LogP contribution in [0.5, 0.6) is 0 Å². The summed E-state index contributed by atoms with van der Waals surface area (Å²) in [5.74, 6) is 0.694. The molecule has 0 aliphatic carbocycles. The maximum Gasteiger partial charge on any atom is 0.0416 e. The molecule has 0 unspecified atom stereocenters. The predicted molar refractivity (Wildman–Crippen MR) is 112 cm³/mol. The number of benzene rings is 1. The summed E-state index contributed by atoms with van der Waals surface area (Å²) in [7, 11) is 0. The molecule has 0 saturated carbocycles. The fourth-order valence-corrected chi connectivity index (χ4v) is 5.12. The minimum Gasteiger partial charge on any atom is -0.303 e. The highest BCUT2D eigenvalue weighted by molar-refractivity contribution is 5.21. The Balaban J connectivity index is 1.37. The van der Waals surface area contributed by atoms with Gasteiger partial charge in [-0.2, -0.15) is 0 Å². The summed E-state index contributed by atoms with van der Waals surface area (Å²) < 4.78 is 0. The largest absolute Gasteiger partial charge is 0.303 e. The van der Waals surface area contributed by atoms with E-state index in [2.05, 4.69) is 64.2 Å². The summed E-state index contributed by atoms with van der Waals surface area (Å²) in [6.07, 6.45) is 7.03. The molecule has 3 heterocycles. The lowest BCUT2D eigenvalue weighted by Crippen LogP contribution is -2.51. The van der Waals surface area contributed by atoms with Crippen LogP contribution in [0.3, 0.4) is 0 Å². The molecule has 144 valence electrons. The van der Waals surface area contributed by atoms with Gasteiger partial charge in [0.05, 0.1) is 0 Å². The second-order valence-corrected chi connectivity index (χ2v) is 8.55. The van der Waals surface area contributed by atoms with Crippen LogP contribution in [0, 0.1) is 5.41 Å². The van der Waals surface area contributed by atoms with E-state index in [1.165, 1.54) is 63.2 Å². The van der Waals surface area contributed by atoms with Crippen molar-refractivity contribution in [3.63, 3.8) is 0 Å². The summed E-state index contributed by atoms with van der Waals surface area (Å²) in [5.41, 5.74) is 3.26. The van der Waals surface area contributed by atoms with Crippen molar-refractivity contribution < 1.29 is 0 Å². The molecule has 0 radical (unpaired) electrons. The van der Waals surface area contributed by atoms with Gasteiger partial charge < -0.3 is 9.80 Å². The average Bonchev–Trinajstić information content (AvgIpc) is 2.74. The van der Waals surface area contributed by atoms with Gasteiger partial charge in [0.2, 0.25) is 0 Å². The Morgan fingerprint density at radius 2 is 1.78 bits per heavy atom. The Bertz CT molecular complexity index is 692. The highest BCUT2D eigenvalue weighted by Gasteiger charge is 2.41. The molecule has 2 aliphatic rings. The average molecular weight is 364 g/mol. The lowest BCUT2D eigenvalue weighted by molar-refractivity contribution is 0.0161. The molecule has 2 aliphatic heterocycles. The van der Waals surface area contributed by atoms with Crippen LogP contribution in [0.25, 0.3) is 0 Å². The maximum absolute atomic E-state index is 4.48. The fraction of sp³-hybridized carbons (Fsp3) is 0.542. The van der Waals surface area contributed by atoms with Gasteiger partial charge in [0.1, 0.15) is 0 Å². The lowest BCUT2D eigenvalue weighted by atomic mass is 9.68. The van der Waals surface area contributed by atoms with Crippen LogP contribution in [0.4, 0.5) is 0 Å². The van der Waals surface area contributed by atoms with Crippen LogP contribution in [0.2, 0.25) is 0 Å². The summed E-state index contributed by atoms with van der Waals surface area (Å²) in [6, 6.07) is 17.5. The number of hydrogen-bond donors (Lipinski definition) is 0. The second-order valence-electron chi connectivity index (χ2n) is 8.55. The molecule has 4 rings (SSSR count). The third-order valence-electron chi connectivity index (χ3n) is 6.76. The van der Waals surface area contributed by atoms with Crippen molar-refractivity contribution in [2.24, 2.45) is 5.41 Å². The molecule has 2 aromatic rings. The molecule has 2 saturated heterocycles. The summed E-state index contributed by atoms with van der Waals surface area (Å²) >= 11 is 0. The Morgan fingerprint density at radius 1 is 1.00 bits per heavy atom. The zero-order valence-electron chi connectivity index (χ0n) is 16.7. The van der Waals surface area contributed by atoms with Crippen molar-refractivity contribution in [2.45, 2.75) is 38.5 Å². The van der Waals surface area contributed by atoms with E-state index in [4.69, 9.17) is 0 Å². The van der Waals surface area contributed by atoms with E-state index in [9.17, 15) is 0 Å². The van der Waals surface area contributed by atoms with Gasteiger partial charge in [-0.05, 0) is 67.9 Å². The van der Waals surface area contributed by atoms with E-state index in [1.54, 1.807) is 0 Å². The van der Waals surface area contributed by atoms with Crippen molar-refractivity contribution in [3.05, 3.63) is 66.0 Å². The molecule has 0 amide bonds. The third kappa shape index (κ3) is 4.59. The maximum atomic E-state index is 4.48. The van der Waals surface area contributed by atoms with Crippen LogP contribution in [-0.2, 0) is 6.42 Å². The Hall–Kier alpha value is -1.71. The van der Waals surface area contributed by atoms with Crippen molar-refractivity contribution in [2.75, 3.05) is 39.3 Å². The zero-order chi connectivity index (χ0) is 18.5. The molecule has 1 atom stereocenters. The monoisotopic (exact) mass is 363 g/mol. The van der Waals surface area contributed by atoms with E-state index in [-0.39, 0.29) is 0 Å². The molecule has 0 N–H and O–H groups in total. The first-order valence-corrected chi connectivity index (χ1v) is 10.7. The topological polar surface area (TPSA) is 19.4 Å². The van der Waals surface area contributed by atoms with E-state index in [0.29, 0.717) is 11.3 Å². The third-order valence-corrected chi connectivity index (χ3v) is 6.76. The van der Waals surface area contributed by atoms with E-state index in [1.807, 2.05) is 12.3 Å². The highest BCUT2D eigenvalue weighted by atomic mass is 15.2. The Morgan fingerprint density at radius 3 is 2.48 bits per heavy atom. The minimum atomic E-state index is 0.510. The minimum absolute atomic E-state index is 0.510. The SMILES string of the molecule is CCN1C[C@@H](c2ccccc2)CC2(CCN(CCc3ccccn3)CC2)C1. The Kier molecular flexibility index (Phi) is 5.89. The normalized spacial score (nSPS) is 23.5. The summed E-state index contributed by atoms with van der Waals surface area (Å²) in [5, 5.41) is 0. The summed E-state index contributed by atoms with van der Waals surface area (Å²) in [6.45, 7) is 9.65. The van der Waals surface area contributed by atoms with Crippen LogP contribution >= 0.6 is 0 Å². The summed E-state index contributed by atoms with van der Waals surface area (Å²) in [4.78, 5) is 9.83. The van der Waals surface area contributed by atoms with Gasteiger partial charge in [-0.25, -0.2) is 0 Å². The number of rotatable bonds is 5. The molecule has 2 fully saturated rings. The number of aromatic nitrogens is 1. The number of likely N-dealkylation sites (tertiary alicyclic amines) is 2. The van der Waals surface area contributed by atoms with Gasteiger partial charge in [0.25, 0.3) is 0 Å². The van der Waals surface area contributed by atoms with Crippen molar-refractivity contribution >= 4 is 0 Å². The van der Waals surface area contributed by atoms with Crippen molar-refractivity contribution in [1.29, 1.82) is 0 Å². The van der Waals surface area contributed by atoms with Gasteiger partial charge in [-0.1, -0.05) is 43.3 Å². The lowest BCUT2D eigenvalue weighted by Gasteiger charge is -2.50. The zero-order valence-corrected chi connectivity index (χ0v) is 16.7. The number of pyridine rings is 1. The van der Waals surface area contributed by atoms with Crippen LogP contribution in [0.1, 0.15) is 43.4 Å². The molecule has 27 heavy (non-hydrogen) atoms. The molecule has 0 bridgehead atoms. The van der Waals surface area contributed by atoms with Gasteiger partial charge in [0, 0.05) is 37.9 Å². The number of nitrogens with zero attached hydrogens (tertiary/aromatic N) is 3. The second kappa shape index (κ2) is 8.53. The molecular weight excluding hydrogens is 330 g/mol. The van der Waals surface area contributed by atoms with Gasteiger partial charge >= 0.3 is 0 Å². The smallest absolute Gasteiger partial charge is 0.0416 e. The number of likely N-dealkylation sites (N-methyl/N-ethyl adjacent to an activating group) is 1. The molecule has 1 spiro atoms. The van der Waals surface area contributed by atoms with Gasteiger partial charge in [-0.3, -0.25) is 4.98 Å². The van der Waals surface area contributed by atoms with E-state index < -0.39 is 0 Å². The number of piperidine rings is 2. The first kappa shape index (κ1) is 18.6. The van der Waals surface area contributed by atoms with E-state index in [0.717, 1.165) is 13.0 Å². The molecule has 3 heteroatoms. The van der Waals surface area contributed by atoms with Gasteiger partial charge in [-0.15, -0.1) is 0 Å². The molecule has 1 aromatic heterocycles.